The fraction of sp³-hybridized carbons (Fsp3) is 0.321. The van der Waals surface area contributed by atoms with Gasteiger partial charge in [0.15, 0.2) is 11.5 Å². The smallest absolute Gasteiger partial charge is 0.224 e. The number of phenols is 1. The number of methoxy groups -OCH3 is 1. The van der Waals surface area contributed by atoms with Crippen molar-refractivity contribution in [2.75, 3.05) is 13.7 Å². The molecule has 0 fully saturated rings. The first-order chi connectivity index (χ1) is 17.3. The van der Waals surface area contributed by atoms with Crippen molar-refractivity contribution in [3.63, 3.8) is 0 Å². The van der Waals surface area contributed by atoms with Crippen molar-refractivity contribution in [2.45, 2.75) is 44.9 Å². The Bertz CT molecular complexity index is 1150. The molecule has 8 heteroatoms. The van der Waals surface area contributed by atoms with Gasteiger partial charge in [0.25, 0.3) is 0 Å². The third-order valence-corrected chi connectivity index (χ3v) is 5.88. The summed E-state index contributed by atoms with van der Waals surface area (Å²) in [5.74, 6) is -1.65. The Hall–Kier alpha value is -3.49. The van der Waals surface area contributed by atoms with E-state index in [9.17, 15) is 23.8 Å². The largest absolute Gasteiger partial charge is 0.504 e. The predicted octanol–water partition coefficient (Wildman–Crippen LogP) is 3.66. The second-order valence-corrected chi connectivity index (χ2v) is 8.71. The molecule has 3 aromatic rings. The molecule has 4 N–H and O–H groups in total. The average Bonchev–Trinajstić information content (AvgIpc) is 2.84. The SMILES string of the molecule is CCc1cccc(CNCC(O)C(Cc2cc(F)cc(F)c2)NC(=O)Cc2ccc(O)c(OC)c2)c1. The average molecular weight is 499 g/mol. The topological polar surface area (TPSA) is 90.8 Å². The highest BCUT2D eigenvalue weighted by atomic mass is 19.1. The number of aliphatic hydroxyl groups excluding tert-OH is 1. The molecule has 3 rings (SSSR count). The highest BCUT2D eigenvalue weighted by Gasteiger charge is 2.23. The van der Waals surface area contributed by atoms with Gasteiger partial charge in [-0.3, -0.25) is 4.79 Å². The summed E-state index contributed by atoms with van der Waals surface area (Å²) in [6.45, 7) is 2.76. The molecule has 3 aromatic carbocycles. The van der Waals surface area contributed by atoms with Crippen molar-refractivity contribution in [3.8, 4) is 11.5 Å². The molecular formula is C28H32F2N2O4. The highest BCUT2D eigenvalue weighted by Crippen LogP contribution is 2.26. The molecule has 0 aliphatic rings. The molecule has 0 aliphatic carbocycles. The van der Waals surface area contributed by atoms with Crippen molar-refractivity contribution in [3.05, 3.63) is 94.6 Å². The van der Waals surface area contributed by atoms with Crippen LogP contribution >= 0.6 is 0 Å². The van der Waals surface area contributed by atoms with Crippen LogP contribution in [0.15, 0.2) is 60.7 Å². The lowest BCUT2D eigenvalue weighted by atomic mass is 10.00. The van der Waals surface area contributed by atoms with Crippen LogP contribution in [0.1, 0.15) is 29.2 Å². The van der Waals surface area contributed by atoms with Crippen molar-refractivity contribution in [1.82, 2.24) is 10.6 Å². The molecule has 0 heterocycles. The van der Waals surface area contributed by atoms with E-state index in [0.717, 1.165) is 18.1 Å². The number of amides is 1. The van der Waals surface area contributed by atoms with Crippen LogP contribution in [-0.2, 0) is 30.6 Å². The highest BCUT2D eigenvalue weighted by molar-refractivity contribution is 5.79. The molecular weight excluding hydrogens is 466 g/mol. The minimum absolute atomic E-state index is 0.0331. The predicted molar refractivity (Wildman–Crippen MR) is 134 cm³/mol. The van der Waals surface area contributed by atoms with Crippen molar-refractivity contribution in [2.24, 2.45) is 0 Å². The Morgan fingerprint density at radius 3 is 2.39 bits per heavy atom. The number of carbonyl (C=O) groups is 1. The fourth-order valence-corrected chi connectivity index (χ4v) is 4.01. The molecule has 0 aliphatic heterocycles. The van der Waals surface area contributed by atoms with Gasteiger partial charge in [0.05, 0.1) is 25.7 Å². The molecule has 2 atom stereocenters. The molecule has 6 nitrogen and oxygen atoms in total. The summed E-state index contributed by atoms with van der Waals surface area (Å²) >= 11 is 0. The van der Waals surface area contributed by atoms with Gasteiger partial charge >= 0.3 is 0 Å². The van der Waals surface area contributed by atoms with Crippen LogP contribution in [-0.4, -0.2) is 41.9 Å². The first kappa shape index (κ1) is 27.1. The lowest BCUT2D eigenvalue weighted by Crippen LogP contribution is -2.49. The van der Waals surface area contributed by atoms with E-state index in [-0.39, 0.29) is 36.8 Å². The zero-order valence-corrected chi connectivity index (χ0v) is 20.4. The Morgan fingerprint density at radius 1 is 0.972 bits per heavy atom. The minimum atomic E-state index is -1.02. The van der Waals surface area contributed by atoms with E-state index in [4.69, 9.17) is 4.74 Å². The van der Waals surface area contributed by atoms with Gasteiger partial charge < -0.3 is 25.6 Å². The number of carbonyl (C=O) groups excluding carboxylic acids is 1. The summed E-state index contributed by atoms with van der Waals surface area (Å²) in [6, 6.07) is 15.0. The Kier molecular flexibility index (Phi) is 9.78. The van der Waals surface area contributed by atoms with Crippen LogP contribution < -0.4 is 15.4 Å². The van der Waals surface area contributed by atoms with Gasteiger partial charge in [0.1, 0.15) is 11.6 Å². The number of phenolic OH excluding ortho intramolecular Hbond substituents is 1. The van der Waals surface area contributed by atoms with Crippen molar-refractivity contribution >= 4 is 5.91 Å². The standard InChI is InChI=1S/C28H32F2N2O4/c1-3-18-5-4-6-20(9-18)16-31-17-26(34)24(12-21-10-22(29)15-23(30)11-21)32-28(35)14-19-7-8-25(33)27(13-19)36-2/h4-11,13,15,24,26,31,33-34H,3,12,14,16-17H2,1-2H3,(H,32,35). The summed E-state index contributed by atoms with van der Waals surface area (Å²) in [5.41, 5.74) is 3.19. The molecule has 36 heavy (non-hydrogen) atoms. The maximum atomic E-state index is 13.8. The quantitative estimate of drug-likeness (QED) is 0.306. The summed E-state index contributed by atoms with van der Waals surface area (Å²) < 4.78 is 32.6. The molecule has 1 amide bonds. The Balaban J connectivity index is 1.68. The minimum Gasteiger partial charge on any atom is -0.504 e. The summed E-state index contributed by atoms with van der Waals surface area (Å²) in [5, 5.41) is 26.7. The third kappa shape index (κ3) is 8.03. The van der Waals surface area contributed by atoms with Crippen molar-refractivity contribution < 1.29 is 28.5 Å². The van der Waals surface area contributed by atoms with E-state index < -0.39 is 23.8 Å². The third-order valence-electron chi connectivity index (χ3n) is 5.88. The summed E-state index contributed by atoms with van der Waals surface area (Å²) in [7, 11) is 1.41. The maximum absolute atomic E-state index is 13.8. The molecule has 0 saturated carbocycles. The van der Waals surface area contributed by atoms with Gasteiger partial charge in [-0.1, -0.05) is 37.3 Å². The lowest BCUT2D eigenvalue weighted by molar-refractivity contribution is -0.122. The van der Waals surface area contributed by atoms with Crippen LogP contribution in [0.25, 0.3) is 0 Å². The summed E-state index contributed by atoms with van der Waals surface area (Å²) in [4.78, 5) is 12.8. The van der Waals surface area contributed by atoms with E-state index in [1.807, 2.05) is 18.2 Å². The number of aromatic hydroxyl groups is 1. The first-order valence-corrected chi connectivity index (χ1v) is 11.8. The molecule has 0 aromatic heterocycles. The number of ether oxygens (including phenoxy) is 1. The van der Waals surface area contributed by atoms with E-state index in [1.165, 1.54) is 30.9 Å². The summed E-state index contributed by atoms with van der Waals surface area (Å²) in [6.07, 6.45) is -0.104. The van der Waals surface area contributed by atoms with Crippen LogP contribution in [0.5, 0.6) is 11.5 Å². The zero-order chi connectivity index (χ0) is 26.1. The van der Waals surface area contributed by atoms with Gasteiger partial charge in [0.2, 0.25) is 5.91 Å². The van der Waals surface area contributed by atoms with E-state index in [2.05, 4.69) is 23.6 Å². The number of hydrogen-bond donors (Lipinski definition) is 4. The molecule has 0 radical (unpaired) electrons. The number of benzene rings is 3. The van der Waals surface area contributed by atoms with Crippen LogP contribution in [0.3, 0.4) is 0 Å². The Morgan fingerprint density at radius 2 is 1.69 bits per heavy atom. The Labute approximate surface area is 209 Å². The number of nitrogens with one attached hydrogen (secondary N) is 2. The molecule has 0 spiro atoms. The monoisotopic (exact) mass is 498 g/mol. The van der Waals surface area contributed by atoms with Crippen molar-refractivity contribution in [1.29, 1.82) is 0 Å². The van der Waals surface area contributed by atoms with Gasteiger partial charge in [-0.25, -0.2) is 8.78 Å². The lowest BCUT2D eigenvalue weighted by Gasteiger charge is -2.25. The number of halogens is 2. The van der Waals surface area contributed by atoms with Crippen LogP contribution in [0.4, 0.5) is 8.78 Å². The normalized spacial score (nSPS) is 12.7. The second-order valence-electron chi connectivity index (χ2n) is 8.71. The molecule has 2 unspecified atom stereocenters. The van der Waals surface area contributed by atoms with Crippen LogP contribution in [0, 0.1) is 11.6 Å². The van der Waals surface area contributed by atoms with E-state index >= 15 is 0 Å². The molecule has 0 bridgehead atoms. The van der Waals surface area contributed by atoms with Crippen LogP contribution in [0.2, 0.25) is 0 Å². The van der Waals surface area contributed by atoms with E-state index in [0.29, 0.717) is 17.7 Å². The number of rotatable bonds is 12. The van der Waals surface area contributed by atoms with Gasteiger partial charge in [-0.15, -0.1) is 0 Å². The first-order valence-electron chi connectivity index (χ1n) is 11.8. The zero-order valence-electron chi connectivity index (χ0n) is 20.4. The second kappa shape index (κ2) is 13.0. The van der Waals surface area contributed by atoms with E-state index in [1.54, 1.807) is 12.1 Å². The molecule has 0 saturated heterocycles. The van der Waals surface area contributed by atoms with Gasteiger partial charge in [-0.05, 0) is 59.4 Å². The number of hydrogen-bond acceptors (Lipinski definition) is 5. The molecule has 192 valence electrons. The van der Waals surface area contributed by atoms with Gasteiger partial charge in [-0.2, -0.15) is 0 Å². The van der Waals surface area contributed by atoms with Gasteiger partial charge in [0, 0.05) is 19.2 Å². The number of aryl methyl sites for hydroxylation is 1. The maximum Gasteiger partial charge on any atom is 0.224 e. The number of aliphatic hydroxyl groups is 1. The fourth-order valence-electron chi connectivity index (χ4n) is 4.01.